The third kappa shape index (κ3) is 5.09. The number of aromatic nitrogens is 2. The number of nitrogens with zero attached hydrogens (tertiary/aromatic N) is 2. The molecule has 7 aromatic carbocycles. The molecule has 2 heteroatoms. The van der Waals surface area contributed by atoms with Crippen LogP contribution in [-0.2, 0) is 5.41 Å². The van der Waals surface area contributed by atoms with Crippen LogP contribution >= 0.6 is 0 Å². The molecule has 0 unspecified atom stereocenters. The van der Waals surface area contributed by atoms with Gasteiger partial charge in [-0.1, -0.05) is 171 Å². The zero-order valence-corrected chi connectivity index (χ0v) is 29.1. The summed E-state index contributed by atoms with van der Waals surface area (Å²) >= 11 is 0. The summed E-state index contributed by atoms with van der Waals surface area (Å²) in [4.78, 5) is 10.5. The van der Waals surface area contributed by atoms with Gasteiger partial charge in [0.2, 0.25) is 0 Å². The van der Waals surface area contributed by atoms with E-state index >= 15 is 0 Å². The summed E-state index contributed by atoms with van der Waals surface area (Å²) in [6.45, 7) is 0. The van der Waals surface area contributed by atoms with Crippen molar-refractivity contribution in [1.29, 1.82) is 0 Å². The molecule has 0 N–H and O–H groups in total. The molecule has 0 saturated heterocycles. The standard InChI is InChI=1S/C50H38N2/c1-4-15-34(16-5-1)35-25-27-36(28-26-35)46-33-47(52-49(51-46)37-17-6-2-7-18-37)41-22-11-10-21-40(41)42-23-14-24-44-48(42)43-31-38-19-8-9-20-39(38)32-45(43)50(44)29-12-3-13-30-50/h1-2,4-11,14-28,31-33H,3,12-13,29-30H2. The van der Waals surface area contributed by atoms with Crippen molar-refractivity contribution in [1.82, 2.24) is 9.97 Å². The van der Waals surface area contributed by atoms with Crippen molar-refractivity contribution in [3.05, 3.63) is 181 Å². The molecule has 2 aliphatic carbocycles. The smallest absolute Gasteiger partial charge is 0.160 e. The summed E-state index contributed by atoms with van der Waals surface area (Å²) in [6.07, 6.45) is 6.26. The minimum absolute atomic E-state index is 0.0619. The van der Waals surface area contributed by atoms with Crippen LogP contribution in [0.15, 0.2) is 170 Å². The molecule has 0 aliphatic heterocycles. The molecular weight excluding hydrogens is 629 g/mol. The minimum atomic E-state index is 0.0619. The van der Waals surface area contributed by atoms with E-state index in [1.165, 1.54) is 87.4 Å². The fourth-order valence-electron chi connectivity index (χ4n) is 9.00. The van der Waals surface area contributed by atoms with Crippen LogP contribution in [0.2, 0.25) is 0 Å². The van der Waals surface area contributed by atoms with Crippen molar-refractivity contribution in [3.63, 3.8) is 0 Å². The highest BCUT2D eigenvalue weighted by atomic mass is 14.9. The van der Waals surface area contributed by atoms with Gasteiger partial charge in [-0.3, -0.25) is 0 Å². The molecule has 1 fully saturated rings. The van der Waals surface area contributed by atoms with Gasteiger partial charge in [-0.2, -0.15) is 0 Å². The van der Waals surface area contributed by atoms with Gasteiger partial charge in [0.15, 0.2) is 5.82 Å². The second kappa shape index (κ2) is 12.6. The summed E-state index contributed by atoms with van der Waals surface area (Å²) in [6, 6.07) is 61.6. The first-order chi connectivity index (χ1) is 25.7. The van der Waals surface area contributed by atoms with Crippen molar-refractivity contribution in [2.24, 2.45) is 0 Å². The number of benzene rings is 7. The second-order valence-corrected chi connectivity index (χ2v) is 14.4. The average molecular weight is 667 g/mol. The highest BCUT2D eigenvalue weighted by molar-refractivity contribution is 6.01. The molecule has 0 amide bonds. The lowest BCUT2D eigenvalue weighted by Gasteiger charge is -2.36. The average Bonchev–Trinajstić information content (AvgIpc) is 3.48. The Morgan fingerprint density at radius 1 is 0.365 bits per heavy atom. The maximum atomic E-state index is 5.30. The van der Waals surface area contributed by atoms with E-state index in [9.17, 15) is 0 Å². The Balaban J connectivity index is 1.16. The second-order valence-electron chi connectivity index (χ2n) is 14.4. The van der Waals surface area contributed by atoms with Crippen LogP contribution in [0.4, 0.5) is 0 Å². The Kier molecular flexibility index (Phi) is 7.42. The van der Waals surface area contributed by atoms with Crippen molar-refractivity contribution >= 4 is 10.8 Å². The van der Waals surface area contributed by atoms with Gasteiger partial charge in [-0.05, 0) is 86.3 Å². The number of fused-ring (bicyclic) bond motifs is 6. The van der Waals surface area contributed by atoms with Crippen LogP contribution < -0.4 is 0 Å². The lowest BCUT2D eigenvalue weighted by atomic mass is 9.67. The molecule has 10 rings (SSSR count). The molecule has 1 saturated carbocycles. The van der Waals surface area contributed by atoms with Crippen molar-refractivity contribution < 1.29 is 0 Å². The highest BCUT2D eigenvalue weighted by Crippen LogP contribution is 2.59. The molecule has 2 aliphatic rings. The summed E-state index contributed by atoms with van der Waals surface area (Å²) in [7, 11) is 0. The van der Waals surface area contributed by atoms with E-state index < -0.39 is 0 Å². The fraction of sp³-hybridized carbons (Fsp3) is 0.120. The molecule has 2 nitrogen and oxygen atoms in total. The number of rotatable bonds is 5. The van der Waals surface area contributed by atoms with E-state index in [0.717, 1.165) is 33.9 Å². The number of hydrogen-bond acceptors (Lipinski definition) is 2. The molecule has 8 aromatic rings. The third-order valence-electron chi connectivity index (χ3n) is 11.5. The summed E-state index contributed by atoms with van der Waals surface area (Å²) in [5.74, 6) is 0.728. The van der Waals surface area contributed by atoms with Crippen LogP contribution in [0, 0.1) is 0 Å². The summed E-state index contributed by atoms with van der Waals surface area (Å²) in [5.41, 5.74) is 15.8. The Hall–Kier alpha value is -6.12. The van der Waals surface area contributed by atoms with Crippen LogP contribution in [0.3, 0.4) is 0 Å². The van der Waals surface area contributed by atoms with E-state index in [1.54, 1.807) is 0 Å². The summed E-state index contributed by atoms with van der Waals surface area (Å²) in [5, 5.41) is 2.63. The zero-order valence-electron chi connectivity index (χ0n) is 29.1. The molecule has 248 valence electrons. The molecular formula is C50H38N2. The Labute approximate surface area is 305 Å². The van der Waals surface area contributed by atoms with Crippen LogP contribution in [0.1, 0.15) is 43.2 Å². The van der Waals surface area contributed by atoms with Crippen molar-refractivity contribution in [2.75, 3.05) is 0 Å². The van der Waals surface area contributed by atoms with Crippen molar-refractivity contribution in [2.45, 2.75) is 37.5 Å². The monoisotopic (exact) mass is 666 g/mol. The predicted octanol–water partition coefficient (Wildman–Crippen LogP) is 13.2. The lowest BCUT2D eigenvalue weighted by molar-refractivity contribution is 0.353. The first kappa shape index (κ1) is 30.7. The molecule has 0 bridgehead atoms. The predicted molar refractivity (Wildman–Crippen MR) is 216 cm³/mol. The van der Waals surface area contributed by atoms with Gasteiger partial charge >= 0.3 is 0 Å². The quantitative estimate of drug-likeness (QED) is 0.183. The molecule has 1 spiro atoms. The van der Waals surface area contributed by atoms with E-state index in [1.807, 2.05) is 6.07 Å². The van der Waals surface area contributed by atoms with Crippen LogP contribution in [0.25, 0.3) is 78.1 Å². The van der Waals surface area contributed by atoms with Gasteiger partial charge in [-0.15, -0.1) is 0 Å². The van der Waals surface area contributed by atoms with Gasteiger partial charge in [-0.25, -0.2) is 9.97 Å². The Morgan fingerprint density at radius 3 is 1.69 bits per heavy atom. The lowest BCUT2D eigenvalue weighted by Crippen LogP contribution is -2.28. The van der Waals surface area contributed by atoms with Crippen molar-refractivity contribution in [3.8, 4) is 67.3 Å². The first-order valence-corrected chi connectivity index (χ1v) is 18.6. The molecule has 52 heavy (non-hydrogen) atoms. The highest BCUT2D eigenvalue weighted by Gasteiger charge is 2.44. The summed E-state index contributed by atoms with van der Waals surface area (Å²) < 4.78 is 0. The minimum Gasteiger partial charge on any atom is -0.228 e. The van der Waals surface area contributed by atoms with E-state index in [-0.39, 0.29) is 5.41 Å². The van der Waals surface area contributed by atoms with Gasteiger partial charge in [0.25, 0.3) is 0 Å². The van der Waals surface area contributed by atoms with Crippen LogP contribution in [0.5, 0.6) is 0 Å². The van der Waals surface area contributed by atoms with Gasteiger partial charge in [0.1, 0.15) is 0 Å². The largest absolute Gasteiger partial charge is 0.228 e. The SMILES string of the molecule is c1ccc(-c2ccc(-c3cc(-c4ccccc4-c4cccc5c4-c4cc6ccccc6cc4C54CCCCC4)nc(-c4ccccc4)n3)cc2)cc1. The van der Waals surface area contributed by atoms with Gasteiger partial charge < -0.3 is 0 Å². The van der Waals surface area contributed by atoms with Crippen LogP contribution in [-0.4, -0.2) is 9.97 Å². The van der Waals surface area contributed by atoms with Gasteiger partial charge in [0.05, 0.1) is 11.4 Å². The van der Waals surface area contributed by atoms with E-state index in [0.29, 0.717) is 0 Å². The van der Waals surface area contributed by atoms with E-state index in [2.05, 4.69) is 164 Å². The normalized spacial score (nSPS) is 14.3. The Bertz CT molecular complexity index is 2580. The maximum absolute atomic E-state index is 5.30. The van der Waals surface area contributed by atoms with E-state index in [4.69, 9.17) is 9.97 Å². The molecule has 1 aromatic heterocycles. The molecule has 1 heterocycles. The van der Waals surface area contributed by atoms with Gasteiger partial charge in [0, 0.05) is 22.1 Å². The number of hydrogen-bond donors (Lipinski definition) is 0. The molecule has 0 atom stereocenters. The topological polar surface area (TPSA) is 25.8 Å². The third-order valence-corrected chi connectivity index (χ3v) is 11.5. The first-order valence-electron chi connectivity index (χ1n) is 18.6. The zero-order chi connectivity index (χ0) is 34.5. The molecule has 0 radical (unpaired) electrons. The fourth-order valence-corrected chi connectivity index (χ4v) is 9.00. The Morgan fingerprint density at radius 2 is 0.942 bits per heavy atom. The maximum Gasteiger partial charge on any atom is 0.160 e.